The van der Waals surface area contributed by atoms with Crippen molar-refractivity contribution in [3.63, 3.8) is 0 Å². The topological polar surface area (TPSA) is 43.4 Å². The van der Waals surface area contributed by atoms with Crippen LogP contribution in [-0.2, 0) is 0 Å². The van der Waals surface area contributed by atoms with Gasteiger partial charge in [-0.25, -0.2) is 4.98 Å². The lowest BCUT2D eigenvalue weighted by atomic mass is 9.98. The minimum atomic E-state index is 0.312. The van der Waals surface area contributed by atoms with Gasteiger partial charge in [0.05, 0.1) is 6.61 Å². The fourth-order valence-corrected chi connectivity index (χ4v) is 3.19. The van der Waals surface area contributed by atoms with E-state index < -0.39 is 0 Å². The molecule has 116 valence electrons. The number of nitrogens with zero attached hydrogens (tertiary/aromatic N) is 1. The van der Waals surface area contributed by atoms with E-state index in [-0.39, 0.29) is 0 Å². The molecular weight excluding hydrogens is 264 g/mol. The Hall–Kier alpha value is -1.29. The van der Waals surface area contributed by atoms with Crippen LogP contribution in [0.3, 0.4) is 0 Å². The van der Waals surface area contributed by atoms with Crippen LogP contribution in [0.5, 0.6) is 11.6 Å². The molecule has 0 amide bonds. The molecule has 1 atom stereocenters. The Morgan fingerprint density at radius 2 is 2.05 bits per heavy atom. The van der Waals surface area contributed by atoms with E-state index in [1.165, 1.54) is 32.1 Å². The molecule has 0 aromatic carbocycles. The monoisotopic (exact) mass is 290 g/mol. The summed E-state index contributed by atoms with van der Waals surface area (Å²) >= 11 is 0. The molecule has 1 saturated heterocycles. The molecule has 0 bridgehead atoms. The van der Waals surface area contributed by atoms with Gasteiger partial charge in [0.1, 0.15) is 6.10 Å². The number of nitrogens with one attached hydrogen (secondary N) is 1. The first-order valence-electron chi connectivity index (χ1n) is 8.37. The molecule has 4 nitrogen and oxygen atoms in total. The Morgan fingerprint density at radius 1 is 1.14 bits per heavy atom. The molecule has 1 aromatic heterocycles. The molecule has 1 aromatic rings. The van der Waals surface area contributed by atoms with E-state index in [9.17, 15) is 0 Å². The quantitative estimate of drug-likeness (QED) is 0.904. The predicted molar refractivity (Wildman–Crippen MR) is 82.8 cm³/mol. The van der Waals surface area contributed by atoms with Crippen LogP contribution in [0.15, 0.2) is 18.3 Å². The maximum absolute atomic E-state index is 6.07. The summed E-state index contributed by atoms with van der Waals surface area (Å²) in [5.41, 5.74) is 0. The summed E-state index contributed by atoms with van der Waals surface area (Å²) in [6, 6.07) is 3.89. The van der Waals surface area contributed by atoms with Crippen molar-refractivity contribution >= 4 is 0 Å². The average Bonchev–Trinajstić information content (AvgIpc) is 2.56. The second kappa shape index (κ2) is 7.64. The van der Waals surface area contributed by atoms with Gasteiger partial charge < -0.3 is 14.8 Å². The number of pyridine rings is 1. The molecule has 21 heavy (non-hydrogen) atoms. The maximum atomic E-state index is 6.07. The van der Waals surface area contributed by atoms with Gasteiger partial charge in [-0.15, -0.1) is 0 Å². The molecule has 0 spiro atoms. The summed E-state index contributed by atoms with van der Waals surface area (Å²) in [6.07, 6.45) is 10.7. The van der Waals surface area contributed by atoms with Gasteiger partial charge in [0.2, 0.25) is 0 Å². The number of rotatable bonds is 5. The summed E-state index contributed by atoms with van der Waals surface area (Å²) < 4.78 is 12.1. The number of ether oxygens (including phenoxy) is 2. The third kappa shape index (κ3) is 4.34. The van der Waals surface area contributed by atoms with Crippen molar-refractivity contribution < 1.29 is 9.47 Å². The highest BCUT2D eigenvalue weighted by Crippen LogP contribution is 2.29. The Bertz CT molecular complexity index is 427. The maximum Gasteiger partial charge on any atom is 0.257 e. The Balaban J connectivity index is 1.56. The lowest BCUT2D eigenvalue weighted by Gasteiger charge is -2.25. The average molecular weight is 290 g/mol. The second-order valence-electron chi connectivity index (χ2n) is 6.21. The van der Waals surface area contributed by atoms with Crippen molar-refractivity contribution in [3.05, 3.63) is 18.3 Å². The van der Waals surface area contributed by atoms with Crippen LogP contribution in [0.25, 0.3) is 0 Å². The normalized spacial score (nSPS) is 23.7. The molecule has 1 aliphatic heterocycles. The molecular formula is C17H26N2O2. The van der Waals surface area contributed by atoms with Crippen molar-refractivity contribution in [2.75, 3.05) is 19.7 Å². The van der Waals surface area contributed by atoms with Gasteiger partial charge in [0.25, 0.3) is 5.88 Å². The van der Waals surface area contributed by atoms with Crippen LogP contribution < -0.4 is 14.8 Å². The van der Waals surface area contributed by atoms with E-state index in [2.05, 4.69) is 10.3 Å². The fraction of sp³-hybridized carbons (Fsp3) is 0.706. The van der Waals surface area contributed by atoms with Crippen molar-refractivity contribution in [2.45, 2.75) is 51.0 Å². The van der Waals surface area contributed by atoms with Gasteiger partial charge in [-0.05, 0) is 57.2 Å². The van der Waals surface area contributed by atoms with Gasteiger partial charge >= 0.3 is 0 Å². The lowest BCUT2D eigenvalue weighted by Crippen LogP contribution is -2.33. The molecule has 1 saturated carbocycles. The summed E-state index contributed by atoms with van der Waals surface area (Å²) in [7, 11) is 0. The SMILES string of the molecule is c1cnc(OC2CCCCC2)c(OCC2CCCNC2)c1. The summed E-state index contributed by atoms with van der Waals surface area (Å²) in [6.45, 7) is 2.94. The molecule has 2 aliphatic rings. The van der Waals surface area contributed by atoms with E-state index in [0.717, 1.165) is 38.3 Å². The molecule has 1 aliphatic carbocycles. The Labute approximate surface area is 127 Å². The third-order valence-corrected chi connectivity index (χ3v) is 4.44. The molecule has 1 unspecified atom stereocenters. The van der Waals surface area contributed by atoms with Gasteiger partial charge in [-0.2, -0.15) is 0 Å². The molecule has 0 radical (unpaired) electrons. The van der Waals surface area contributed by atoms with E-state index in [4.69, 9.17) is 9.47 Å². The van der Waals surface area contributed by atoms with Gasteiger partial charge in [0.15, 0.2) is 5.75 Å². The predicted octanol–water partition coefficient (Wildman–Crippen LogP) is 3.17. The van der Waals surface area contributed by atoms with E-state index in [1.54, 1.807) is 6.20 Å². The fourth-order valence-electron chi connectivity index (χ4n) is 3.19. The number of hydrogen-bond acceptors (Lipinski definition) is 4. The largest absolute Gasteiger partial charge is 0.488 e. The molecule has 3 rings (SSSR count). The summed E-state index contributed by atoms with van der Waals surface area (Å²) in [5.74, 6) is 2.07. The van der Waals surface area contributed by atoms with E-state index >= 15 is 0 Å². The first-order chi connectivity index (χ1) is 10.4. The highest BCUT2D eigenvalue weighted by Gasteiger charge is 2.19. The molecule has 1 N–H and O–H groups in total. The van der Waals surface area contributed by atoms with Crippen molar-refractivity contribution in [1.82, 2.24) is 10.3 Å². The number of hydrogen-bond donors (Lipinski definition) is 1. The van der Waals surface area contributed by atoms with Crippen LogP contribution in [0, 0.1) is 5.92 Å². The Kier molecular flexibility index (Phi) is 5.33. The zero-order chi connectivity index (χ0) is 14.3. The summed E-state index contributed by atoms with van der Waals surface area (Å²) in [4.78, 5) is 4.37. The second-order valence-corrected chi connectivity index (χ2v) is 6.21. The highest BCUT2D eigenvalue weighted by atomic mass is 16.5. The van der Waals surface area contributed by atoms with E-state index in [0.29, 0.717) is 17.9 Å². The zero-order valence-corrected chi connectivity index (χ0v) is 12.7. The minimum absolute atomic E-state index is 0.312. The minimum Gasteiger partial charge on any atom is -0.488 e. The molecule has 2 heterocycles. The zero-order valence-electron chi connectivity index (χ0n) is 12.7. The lowest BCUT2D eigenvalue weighted by molar-refractivity contribution is 0.136. The van der Waals surface area contributed by atoms with Gasteiger partial charge in [0, 0.05) is 18.7 Å². The van der Waals surface area contributed by atoms with Crippen LogP contribution in [0.1, 0.15) is 44.9 Å². The molecule has 2 fully saturated rings. The van der Waals surface area contributed by atoms with Crippen molar-refractivity contribution in [2.24, 2.45) is 5.92 Å². The first-order valence-corrected chi connectivity index (χ1v) is 8.37. The van der Waals surface area contributed by atoms with Crippen molar-refractivity contribution in [1.29, 1.82) is 0 Å². The number of piperidine rings is 1. The third-order valence-electron chi connectivity index (χ3n) is 4.44. The van der Waals surface area contributed by atoms with Crippen LogP contribution in [0.4, 0.5) is 0 Å². The molecule has 4 heteroatoms. The first kappa shape index (κ1) is 14.6. The number of aromatic nitrogens is 1. The van der Waals surface area contributed by atoms with Gasteiger partial charge in [-0.3, -0.25) is 0 Å². The van der Waals surface area contributed by atoms with Crippen LogP contribution in [-0.4, -0.2) is 30.8 Å². The van der Waals surface area contributed by atoms with Crippen LogP contribution >= 0.6 is 0 Å². The Morgan fingerprint density at radius 3 is 2.86 bits per heavy atom. The van der Waals surface area contributed by atoms with Gasteiger partial charge in [-0.1, -0.05) is 6.42 Å². The standard InChI is InChI=1S/C17H26N2O2/c1-2-7-15(8-3-1)21-17-16(9-5-11-19-17)20-13-14-6-4-10-18-12-14/h5,9,11,14-15,18H,1-4,6-8,10,12-13H2. The summed E-state index contributed by atoms with van der Waals surface area (Å²) in [5, 5.41) is 3.42. The van der Waals surface area contributed by atoms with Crippen LogP contribution in [0.2, 0.25) is 0 Å². The van der Waals surface area contributed by atoms with E-state index in [1.807, 2.05) is 12.1 Å². The smallest absolute Gasteiger partial charge is 0.257 e. The van der Waals surface area contributed by atoms with Crippen molar-refractivity contribution in [3.8, 4) is 11.6 Å². The highest BCUT2D eigenvalue weighted by molar-refractivity contribution is 5.32.